The van der Waals surface area contributed by atoms with Crippen molar-refractivity contribution in [3.8, 4) is 0 Å². The second-order valence-electron chi connectivity index (χ2n) is 19.6. The number of aliphatic hydroxyl groups is 1. The van der Waals surface area contributed by atoms with E-state index in [0.29, 0.717) is 23.9 Å². The van der Waals surface area contributed by atoms with E-state index in [4.69, 9.17) is 9.05 Å². The third-order valence-corrected chi connectivity index (χ3v) is 13.3. The molecule has 0 spiro atoms. The molecule has 3 unspecified atom stereocenters. The van der Waals surface area contributed by atoms with Crippen LogP contribution in [-0.4, -0.2) is 68.5 Å². The number of amides is 1. The zero-order chi connectivity index (χ0) is 44.3. The highest BCUT2D eigenvalue weighted by molar-refractivity contribution is 7.45. The van der Waals surface area contributed by atoms with E-state index in [2.05, 4.69) is 19.2 Å². The van der Waals surface area contributed by atoms with E-state index in [1.165, 1.54) is 205 Å². The van der Waals surface area contributed by atoms with Gasteiger partial charge in [0.1, 0.15) is 13.2 Å². The van der Waals surface area contributed by atoms with Gasteiger partial charge in [-0.15, -0.1) is 0 Å². The zero-order valence-electron chi connectivity index (χ0n) is 40.9. The Morgan fingerprint density at radius 3 is 1.13 bits per heavy atom. The Morgan fingerprint density at radius 2 is 0.817 bits per heavy atom. The maximum Gasteiger partial charge on any atom is 0.268 e. The molecule has 0 saturated carbocycles. The van der Waals surface area contributed by atoms with Crippen LogP contribution in [0.3, 0.4) is 0 Å². The molecule has 0 saturated heterocycles. The second kappa shape index (κ2) is 43.7. The second-order valence-corrected chi connectivity index (χ2v) is 21.0. The molecule has 3 atom stereocenters. The van der Waals surface area contributed by atoms with Gasteiger partial charge >= 0.3 is 0 Å². The average molecular weight is 873 g/mol. The first-order valence-electron chi connectivity index (χ1n) is 26.4. The molecule has 0 heterocycles. The molecule has 0 rings (SSSR count). The number of phosphoric acid groups is 1. The van der Waals surface area contributed by atoms with Crippen molar-refractivity contribution in [2.45, 2.75) is 283 Å². The quantitative estimate of drug-likeness (QED) is 0.0358. The molecule has 0 aliphatic carbocycles. The zero-order valence-corrected chi connectivity index (χ0v) is 41.8. The van der Waals surface area contributed by atoms with Crippen LogP contribution in [0.15, 0.2) is 0 Å². The van der Waals surface area contributed by atoms with Crippen LogP contribution in [0.4, 0.5) is 0 Å². The number of likely N-dealkylation sites (N-methyl/N-ethyl adjacent to an activating group) is 1. The number of phosphoric ester groups is 1. The SMILES string of the molecule is CCCCCCCCCCCCCCCCCCCCCCCCCCC(=O)NC(COP(=O)([O-])OCC[N+](C)(C)C)C(O)CCCCCCCCCCCCCCCC. The fourth-order valence-corrected chi connectivity index (χ4v) is 8.88. The molecule has 0 aliphatic heterocycles. The monoisotopic (exact) mass is 873 g/mol. The highest BCUT2D eigenvalue weighted by atomic mass is 31.2. The molecule has 9 heteroatoms. The van der Waals surface area contributed by atoms with Crippen LogP contribution in [0, 0.1) is 0 Å². The van der Waals surface area contributed by atoms with Gasteiger partial charge in [-0.05, 0) is 12.8 Å². The number of nitrogens with one attached hydrogen (secondary N) is 1. The molecular formula is C51H105N2O6P. The standard InChI is InChI=1S/C51H105N2O6P/c1-6-8-10-12-14-16-18-20-22-23-24-25-26-27-28-29-30-31-33-35-37-39-41-43-45-51(55)52-49(48-59-60(56,57)58-47-46-53(3,4)5)50(54)44-42-40-38-36-34-32-21-19-17-15-13-11-9-7-2/h49-50,54H,6-48H2,1-5H3,(H-,52,55,56,57). The molecule has 0 aromatic heterocycles. The van der Waals surface area contributed by atoms with Gasteiger partial charge in [-0.1, -0.05) is 251 Å². The summed E-state index contributed by atoms with van der Waals surface area (Å²) in [6.07, 6.45) is 49.8. The average Bonchev–Trinajstić information content (AvgIpc) is 3.20. The Hall–Kier alpha value is -0.500. The highest BCUT2D eigenvalue weighted by Crippen LogP contribution is 2.38. The van der Waals surface area contributed by atoms with E-state index in [0.717, 1.165) is 38.5 Å². The number of aliphatic hydroxyl groups excluding tert-OH is 1. The van der Waals surface area contributed by atoms with Crippen LogP contribution >= 0.6 is 7.82 Å². The number of rotatable bonds is 49. The fourth-order valence-electron chi connectivity index (χ4n) is 8.16. The first-order valence-corrected chi connectivity index (χ1v) is 27.8. The summed E-state index contributed by atoms with van der Waals surface area (Å²) in [6.45, 7) is 4.76. The molecule has 8 nitrogen and oxygen atoms in total. The molecule has 60 heavy (non-hydrogen) atoms. The van der Waals surface area contributed by atoms with Gasteiger partial charge in [0, 0.05) is 6.42 Å². The summed E-state index contributed by atoms with van der Waals surface area (Å²) in [5, 5.41) is 14.0. The molecule has 0 fully saturated rings. The third-order valence-electron chi connectivity index (χ3n) is 12.3. The van der Waals surface area contributed by atoms with Crippen molar-refractivity contribution < 1.29 is 32.9 Å². The van der Waals surface area contributed by atoms with Crippen molar-refractivity contribution in [2.75, 3.05) is 40.9 Å². The fraction of sp³-hybridized carbons (Fsp3) is 0.980. The topological polar surface area (TPSA) is 108 Å². The maximum absolute atomic E-state index is 12.9. The van der Waals surface area contributed by atoms with Gasteiger partial charge < -0.3 is 28.8 Å². The van der Waals surface area contributed by atoms with Gasteiger partial charge in [0.05, 0.1) is 39.9 Å². The molecule has 0 aromatic carbocycles. The Labute approximate surface area is 374 Å². The van der Waals surface area contributed by atoms with Crippen LogP contribution < -0.4 is 10.2 Å². The normalized spacial score (nSPS) is 14.1. The van der Waals surface area contributed by atoms with Crippen molar-refractivity contribution >= 4 is 13.7 Å². The summed E-state index contributed by atoms with van der Waals surface area (Å²) in [7, 11) is 1.32. The molecule has 0 bridgehead atoms. The number of hydrogen-bond acceptors (Lipinski definition) is 6. The van der Waals surface area contributed by atoms with Crippen LogP contribution in [-0.2, 0) is 18.4 Å². The van der Waals surface area contributed by atoms with E-state index in [1.807, 2.05) is 21.1 Å². The van der Waals surface area contributed by atoms with Gasteiger partial charge in [-0.2, -0.15) is 0 Å². The van der Waals surface area contributed by atoms with E-state index >= 15 is 0 Å². The Morgan fingerprint density at radius 1 is 0.517 bits per heavy atom. The minimum absolute atomic E-state index is 0.0163. The van der Waals surface area contributed by atoms with Crippen LogP contribution in [0.5, 0.6) is 0 Å². The number of nitrogens with zero attached hydrogens (tertiary/aromatic N) is 1. The van der Waals surface area contributed by atoms with E-state index in [1.54, 1.807) is 0 Å². The summed E-state index contributed by atoms with van der Waals surface area (Å²) in [4.78, 5) is 25.4. The lowest BCUT2D eigenvalue weighted by Gasteiger charge is -2.30. The predicted molar refractivity (Wildman–Crippen MR) is 256 cm³/mol. The summed E-state index contributed by atoms with van der Waals surface area (Å²) >= 11 is 0. The number of hydrogen-bond donors (Lipinski definition) is 2. The van der Waals surface area contributed by atoms with Crippen LogP contribution in [0.2, 0.25) is 0 Å². The summed E-state index contributed by atoms with van der Waals surface area (Å²) in [6, 6.07) is -0.793. The van der Waals surface area contributed by atoms with E-state index in [-0.39, 0.29) is 19.1 Å². The largest absolute Gasteiger partial charge is 0.756 e. The van der Waals surface area contributed by atoms with E-state index in [9.17, 15) is 19.4 Å². The van der Waals surface area contributed by atoms with E-state index < -0.39 is 20.0 Å². The molecule has 0 aromatic rings. The highest BCUT2D eigenvalue weighted by Gasteiger charge is 2.24. The molecule has 0 aliphatic rings. The lowest BCUT2D eigenvalue weighted by Crippen LogP contribution is -2.46. The van der Waals surface area contributed by atoms with Crippen molar-refractivity contribution in [1.29, 1.82) is 0 Å². The van der Waals surface area contributed by atoms with Crippen molar-refractivity contribution in [3.05, 3.63) is 0 Å². The first kappa shape index (κ1) is 59.5. The van der Waals surface area contributed by atoms with Gasteiger partial charge in [0.2, 0.25) is 5.91 Å². The molecule has 0 radical (unpaired) electrons. The molecular weight excluding hydrogens is 768 g/mol. The molecule has 360 valence electrons. The van der Waals surface area contributed by atoms with Gasteiger partial charge in [-0.25, -0.2) is 0 Å². The van der Waals surface area contributed by atoms with Gasteiger partial charge in [0.15, 0.2) is 0 Å². The lowest BCUT2D eigenvalue weighted by atomic mass is 10.0. The predicted octanol–water partition coefficient (Wildman–Crippen LogP) is 14.7. The first-order chi connectivity index (χ1) is 29.0. The summed E-state index contributed by atoms with van der Waals surface area (Å²) in [5.74, 6) is -0.158. The van der Waals surface area contributed by atoms with Crippen LogP contribution in [0.1, 0.15) is 271 Å². The van der Waals surface area contributed by atoms with Gasteiger partial charge in [-0.3, -0.25) is 9.36 Å². The number of carbonyl (C=O) groups is 1. The Balaban J connectivity index is 4.12. The Bertz CT molecular complexity index is 947. The number of unbranched alkanes of at least 4 members (excludes halogenated alkanes) is 36. The molecule has 1 amide bonds. The third kappa shape index (κ3) is 45.5. The number of carbonyl (C=O) groups excluding carboxylic acids is 1. The van der Waals surface area contributed by atoms with Gasteiger partial charge in [0.25, 0.3) is 7.82 Å². The van der Waals surface area contributed by atoms with Crippen molar-refractivity contribution in [3.63, 3.8) is 0 Å². The minimum atomic E-state index is -4.56. The minimum Gasteiger partial charge on any atom is -0.756 e. The maximum atomic E-state index is 12.9. The lowest BCUT2D eigenvalue weighted by molar-refractivity contribution is -0.870. The Kier molecular flexibility index (Phi) is 43.4. The summed E-state index contributed by atoms with van der Waals surface area (Å²) < 4.78 is 23.3. The molecule has 2 N–H and O–H groups in total. The van der Waals surface area contributed by atoms with Crippen LogP contribution in [0.25, 0.3) is 0 Å². The number of quaternary nitrogens is 1. The van der Waals surface area contributed by atoms with Crippen molar-refractivity contribution in [1.82, 2.24) is 5.32 Å². The van der Waals surface area contributed by atoms with Crippen molar-refractivity contribution in [2.24, 2.45) is 0 Å². The smallest absolute Gasteiger partial charge is 0.268 e. The summed E-state index contributed by atoms with van der Waals surface area (Å²) in [5.41, 5.74) is 0.